The first-order valence-corrected chi connectivity index (χ1v) is 11.2. The highest BCUT2D eigenvalue weighted by Gasteiger charge is 2.50. The van der Waals surface area contributed by atoms with Gasteiger partial charge in [0.2, 0.25) is 10.0 Å². The Morgan fingerprint density at radius 2 is 1.83 bits per heavy atom. The maximum absolute atomic E-state index is 12.9. The number of nitro benzene ring substituents is 1. The maximum atomic E-state index is 12.9. The molecule has 0 bridgehead atoms. The summed E-state index contributed by atoms with van der Waals surface area (Å²) in [6.45, 7) is 5.80. The van der Waals surface area contributed by atoms with Gasteiger partial charge in [0, 0.05) is 24.7 Å². The SMILES string of the molecule is CC(C)(C)OC(=O)N[C@H]1CC[C@H](C2CN2S(=O)(=O)c2ccccc2[N+](=O)[O-])CC1. The summed E-state index contributed by atoms with van der Waals surface area (Å²) in [7, 11) is -3.89. The van der Waals surface area contributed by atoms with Gasteiger partial charge < -0.3 is 10.1 Å². The molecule has 1 N–H and O–H groups in total. The van der Waals surface area contributed by atoms with Gasteiger partial charge in [0.05, 0.1) is 4.92 Å². The van der Waals surface area contributed by atoms with E-state index in [4.69, 9.17) is 4.74 Å². The maximum Gasteiger partial charge on any atom is 0.407 e. The van der Waals surface area contributed by atoms with Crippen molar-refractivity contribution in [1.82, 2.24) is 9.62 Å². The van der Waals surface area contributed by atoms with Crippen LogP contribution in [-0.4, -0.2) is 48.0 Å². The minimum atomic E-state index is -3.89. The van der Waals surface area contributed by atoms with Crippen molar-refractivity contribution in [2.24, 2.45) is 5.92 Å². The number of alkyl carbamates (subject to hydrolysis) is 1. The molecule has 9 nitrogen and oxygen atoms in total. The summed E-state index contributed by atoms with van der Waals surface area (Å²) in [4.78, 5) is 22.2. The second kappa shape index (κ2) is 7.91. The van der Waals surface area contributed by atoms with Crippen LogP contribution in [0.5, 0.6) is 0 Å². The Labute approximate surface area is 170 Å². The summed E-state index contributed by atoms with van der Waals surface area (Å²) < 4.78 is 32.4. The average molecular weight is 426 g/mol. The number of hydrogen-bond donors (Lipinski definition) is 1. The lowest BCUT2D eigenvalue weighted by Crippen LogP contribution is -2.41. The van der Waals surface area contributed by atoms with Gasteiger partial charge in [-0.25, -0.2) is 13.2 Å². The smallest absolute Gasteiger partial charge is 0.407 e. The lowest BCUT2D eigenvalue weighted by atomic mass is 9.84. The topological polar surface area (TPSA) is 119 Å². The molecule has 1 aromatic rings. The molecule has 1 amide bonds. The number of ether oxygens (including phenoxy) is 1. The van der Waals surface area contributed by atoms with Crippen molar-refractivity contribution >= 4 is 21.8 Å². The number of nitrogens with one attached hydrogen (secondary N) is 1. The zero-order chi connectivity index (χ0) is 21.4. The first-order valence-electron chi connectivity index (χ1n) is 9.74. The zero-order valence-corrected chi connectivity index (χ0v) is 17.6. The lowest BCUT2D eigenvalue weighted by molar-refractivity contribution is -0.387. The number of sulfonamides is 1. The molecule has 0 radical (unpaired) electrons. The number of rotatable bonds is 5. The summed E-state index contributed by atoms with van der Waals surface area (Å²) in [5.74, 6) is 0.184. The van der Waals surface area contributed by atoms with E-state index in [0.29, 0.717) is 6.54 Å². The van der Waals surface area contributed by atoms with Crippen LogP contribution < -0.4 is 5.32 Å². The molecule has 1 aliphatic carbocycles. The molecule has 0 spiro atoms. The van der Waals surface area contributed by atoms with Gasteiger partial charge in [0.25, 0.3) is 5.69 Å². The Bertz CT molecular complexity index is 887. The summed E-state index contributed by atoms with van der Waals surface area (Å²) in [6.07, 6.45) is 2.63. The quantitative estimate of drug-likeness (QED) is 0.440. The van der Waals surface area contributed by atoms with Crippen LogP contribution in [0.3, 0.4) is 0 Å². The summed E-state index contributed by atoms with van der Waals surface area (Å²) in [5.41, 5.74) is -0.951. The molecule has 1 aliphatic heterocycles. The van der Waals surface area contributed by atoms with Crippen molar-refractivity contribution in [3.63, 3.8) is 0 Å². The third-order valence-corrected chi connectivity index (χ3v) is 7.23. The normalized spacial score (nSPS) is 27.1. The van der Waals surface area contributed by atoms with E-state index in [0.717, 1.165) is 25.7 Å². The van der Waals surface area contributed by atoms with E-state index < -0.39 is 32.3 Å². The molecule has 1 heterocycles. The highest BCUT2D eigenvalue weighted by molar-refractivity contribution is 7.89. The standard InChI is InChI=1S/C19H27N3O6S/c1-19(2,3)28-18(23)20-14-10-8-13(9-11-14)16-12-21(16)29(26,27)17-7-5-4-6-15(17)22(24)25/h4-7,13-14,16H,8-12H2,1-3H3,(H,20,23)/t13-,14-,16?,21?. The number of para-hydroxylation sites is 1. The number of hydrogen-bond acceptors (Lipinski definition) is 6. The summed E-state index contributed by atoms with van der Waals surface area (Å²) in [5, 5.41) is 14.1. The van der Waals surface area contributed by atoms with Gasteiger partial charge in [0.15, 0.2) is 4.90 Å². The van der Waals surface area contributed by atoms with E-state index in [9.17, 15) is 23.3 Å². The van der Waals surface area contributed by atoms with Gasteiger partial charge in [0.1, 0.15) is 5.60 Å². The number of benzene rings is 1. The van der Waals surface area contributed by atoms with Gasteiger partial charge >= 0.3 is 6.09 Å². The van der Waals surface area contributed by atoms with Crippen molar-refractivity contribution in [3.05, 3.63) is 34.4 Å². The second-order valence-electron chi connectivity index (χ2n) is 8.62. The Kier molecular flexibility index (Phi) is 5.86. The first kappa shape index (κ1) is 21.5. The van der Waals surface area contributed by atoms with Crippen molar-refractivity contribution < 1.29 is 22.9 Å². The van der Waals surface area contributed by atoms with Crippen LogP contribution in [0.1, 0.15) is 46.5 Å². The largest absolute Gasteiger partial charge is 0.444 e. The van der Waals surface area contributed by atoms with E-state index in [2.05, 4.69) is 5.32 Å². The van der Waals surface area contributed by atoms with Gasteiger partial charge in [-0.2, -0.15) is 4.31 Å². The van der Waals surface area contributed by atoms with Gasteiger partial charge in [-0.1, -0.05) is 12.1 Å². The third kappa shape index (κ3) is 5.05. The van der Waals surface area contributed by atoms with Crippen LogP contribution >= 0.6 is 0 Å². The molecule has 29 heavy (non-hydrogen) atoms. The van der Waals surface area contributed by atoms with E-state index in [1.807, 2.05) is 20.8 Å². The Balaban J connectivity index is 1.57. The third-order valence-electron chi connectivity index (χ3n) is 5.29. The second-order valence-corrected chi connectivity index (χ2v) is 10.5. The fourth-order valence-electron chi connectivity index (χ4n) is 3.87. The van der Waals surface area contributed by atoms with Crippen LogP contribution in [0, 0.1) is 16.0 Å². The van der Waals surface area contributed by atoms with Crippen molar-refractivity contribution in [1.29, 1.82) is 0 Å². The highest BCUT2D eigenvalue weighted by atomic mass is 32.2. The minimum absolute atomic E-state index is 0.0140. The van der Waals surface area contributed by atoms with Gasteiger partial charge in [-0.15, -0.1) is 0 Å². The molecular formula is C19H27N3O6S. The molecule has 10 heteroatoms. The molecule has 1 saturated carbocycles. The predicted molar refractivity (Wildman–Crippen MR) is 106 cm³/mol. The number of carbonyl (C=O) groups is 1. The van der Waals surface area contributed by atoms with Crippen molar-refractivity contribution in [3.8, 4) is 0 Å². The lowest BCUT2D eigenvalue weighted by Gasteiger charge is -2.30. The Morgan fingerprint density at radius 3 is 2.41 bits per heavy atom. The number of amides is 1. The molecule has 2 aliphatic rings. The monoisotopic (exact) mass is 425 g/mol. The first-order chi connectivity index (χ1) is 13.5. The number of nitro groups is 1. The van der Waals surface area contributed by atoms with E-state index in [1.54, 1.807) is 0 Å². The van der Waals surface area contributed by atoms with Gasteiger partial charge in [-0.05, 0) is 58.4 Å². The van der Waals surface area contributed by atoms with E-state index >= 15 is 0 Å². The highest BCUT2D eigenvalue weighted by Crippen LogP contribution is 2.41. The summed E-state index contributed by atoms with van der Waals surface area (Å²) in [6, 6.07) is 5.31. The zero-order valence-electron chi connectivity index (χ0n) is 16.8. The van der Waals surface area contributed by atoms with Crippen molar-refractivity contribution in [2.45, 2.75) is 69.0 Å². The molecule has 2 fully saturated rings. The number of nitrogens with zero attached hydrogens (tertiary/aromatic N) is 2. The Morgan fingerprint density at radius 1 is 1.21 bits per heavy atom. The van der Waals surface area contributed by atoms with Crippen molar-refractivity contribution in [2.75, 3.05) is 6.54 Å². The van der Waals surface area contributed by atoms with Gasteiger partial charge in [-0.3, -0.25) is 10.1 Å². The minimum Gasteiger partial charge on any atom is -0.444 e. The molecule has 1 aromatic carbocycles. The van der Waals surface area contributed by atoms with Crippen LogP contribution in [0.4, 0.5) is 10.5 Å². The molecule has 2 atom stereocenters. The van der Waals surface area contributed by atoms with E-state index in [1.165, 1.54) is 28.6 Å². The molecule has 0 aromatic heterocycles. The average Bonchev–Trinajstić information content (AvgIpc) is 3.42. The molecule has 160 valence electrons. The van der Waals surface area contributed by atoms with E-state index in [-0.39, 0.29) is 22.9 Å². The van der Waals surface area contributed by atoms with Crippen LogP contribution in [0.25, 0.3) is 0 Å². The fourth-order valence-corrected chi connectivity index (χ4v) is 5.66. The molecule has 3 rings (SSSR count). The molecule has 1 saturated heterocycles. The van der Waals surface area contributed by atoms with Crippen LogP contribution in [-0.2, 0) is 14.8 Å². The predicted octanol–water partition coefficient (Wildman–Crippen LogP) is 3.05. The fraction of sp³-hybridized carbons (Fsp3) is 0.632. The summed E-state index contributed by atoms with van der Waals surface area (Å²) >= 11 is 0. The van der Waals surface area contributed by atoms with Crippen LogP contribution in [0.15, 0.2) is 29.2 Å². The molecular weight excluding hydrogens is 398 g/mol. The number of carbonyl (C=O) groups excluding carboxylic acids is 1. The molecule has 2 unspecified atom stereocenters. The Hall–Kier alpha value is -2.20. The van der Waals surface area contributed by atoms with Crippen LogP contribution in [0.2, 0.25) is 0 Å².